The molecule has 0 bridgehead atoms. The zero-order valence-electron chi connectivity index (χ0n) is 36.0. The number of hydrogen-bond acceptors (Lipinski definition) is 11. The van der Waals surface area contributed by atoms with E-state index in [2.05, 4.69) is 15.3 Å². The second-order valence-corrected chi connectivity index (χ2v) is 16.3. The summed E-state index contributed by atoms with van der Waals surface area (Å²) in [6.45, 7) is 11.9. The van der Waals surface area contributed by atoms with E-state index in [-0.39, 0.29) is 30.0 Å². The molecule has 3 atom stereocenters. The van der Waals surface area contributed by atoms with Gasteiger partial charge in [0, 0.05) is 49.6 Å². The third kappa shape index (κ3) is 10.4. The summed E-state index contributed by atoms with van der Waals surface area (Å²) < 4.78 is 33.8. The molecule has 0 spiro atoms. The first kappa shape index (κ1) is 44.0. The van der Waals surface area contributed by atoms with Crippen LogP contribution in [0.4, 0.5) is 9.59 Å². The van der Waals surface area contributed by atoms with Gasteiger partial charge in [0.2, 0.25) is 5.91 Å². The van der Waals surface area contributed by atoms with Gasteiger partial charge in [0.15, 0.2) is 0 Å². The fraction of sp³-hybridized carbons (Fsp3) is 0.523. The average molecular weight is 830 g/mol. The molecule has 4 heterocycles. The Morgan fingerprint density at radius 1 is 0.767 bits per heavy atom. The van der Waals surface area contributed by atoms with Crippen LogP contribution in [0.25, 0.3) is 33.6 Å². The second-order valence-electron chi connectivity index (χ2n) is 16.3. The van der Waals surface area contributed by atoms with E-state index in [0.29, 0.717) is 62.7 Å². The van der Waals surface area contributed by atoms with Gasteiger partial charge in [-0.3, -0.25) is 9.69 Å². The van der Waals surface area contributed by atoms with E-state index in [4.69, 9.17) is 38.4 Å². The lowest BCUT2D eigenvalue weighted by molar-refractivity contribution is -0.135. The van der Waals surface area contributed by atoms with Gasteiger partial charge in [-0.2, -0.15) is 0 Å². The number of likely N-dealkylation sites (tertiary alicyclic amines) is 2. The number of aromatic nitrogens is 4. The molecule has 2 fully saturated rings. The van der Waals surface area contributed by atoms with Gasteiger partial charge < -0.3 is 48.6 Å². The van der Waals surface area contributed by atoms with Crippen LogP contribution >= 0.6 is 0 Å². The summed E-state index contributed by atoms with van der Waals surface area (Å²) in [5, 5.41) is 2.70. The van der Waals surface area contributed by atoms with E-state index in [0.717, 1.165) is 59.3 Å². The number of amides is 3. The number of nitrogens with zero attached hydrogens (tertiary/aromatic N) is 4. The molecule has 0 unspecified atom stereocenters. The van der Waals surface area contributed by atoms with E-state index < -0.39 is 17.7 Å². The van der Waals surface area contributed by atoms with Gasteiger partial charge in [0.05, 0.1) is 56.2 Å². The molecule has 2 saturated heterocycles. The lowest BCUT2D eigenvalue weighted by Crippen LogP contribution is -2.51. The normalized spacial score (nSPS) is 17.2. The Morgan fingerprint density at radius 3 is 1.73 bits per heavy atom. The molecular formula is C44H59N7O9. The van der Waals surface area contributed by atoms with Crippen LogP contribution in [0, 0.1) is 5.92 Å². The Labute approximate surface area is 351 Å². The molecule has 16 nitrogen and oxygen atoms in total. The van der Waals surface area contributed by atoms with Crippen LogP contribution < -0.4 is 14.8 Å². The minimum absolute atomic E-state index is 0.138. The van der Waals surface area contributed by atoms with Gasteiger partial charge in [0.25, 0.3) is 0 Å². The fourth-order valence-electron chi connectivity index (χ4n) is 7.62. The van der Waals surface area contributed by atoms with Crippen molar-refractivity contribution in [3.63, 3.8) is 0 Å². The summed E-state index contributed by atoms with van der Waals surface area (Å²) in [6.07, 6.45) is 5.75. The largest absolute Gasteiger partial charge is 0.491 e. The molecule has 16 heteroatoms. The molecule has 2 aromatic carbocycles. The summed E-state index contributed by atoms with van der Waals surface area (Å²) >= 11 is 0. The number of rotatable bonds is 16. The molecule has 0 radical (unpaired) electrons. The zero-order valence-corrected chi connectivity index (χ0v) is 36.0. The van der Waals surface area contributed by atoms with Crippen molar-refractivity contribution in [2.45, 2.75) is 84.0 Å². The highest BCUT2D eigenvalue weighted by Crippen LogP contribution is 2.42. The van der Waals surface area contributed by atoms with E-state index in [1.54, 1.807) is 36.4 Å². The second kappa shape index (κ2) is 19.6. The number of imidazole rings is 2. The number of methoxy groups -OCH3 is 3. The first-order valence-corrected chi connectivity index (χ1v) is 20.6. The third-order valence-corrected chi connectivity index (χ3v) is 10.6. The van der Waals surface area contributed by atoms with Gasteiger partial charge in [0.1, 0.15) is 48.0 Å². The Balaban J connectivity index is 1.28. The van der Waals surface area contributed by atoms with Crippen LogP contribution in [0.3, 0.4) is 0 Å². The number of ether oxygens (including phenoxy) is 6. The monoisotopic (exact) mass is 829 g/mol. The Kier molecular flexibility index (Phi) is 14.4. The SMILES string of the molecule is COCCOc1cc(-c2cnc([C@@H]3CCCN3C(=O)OC(C)(C)C)[nH]2)ccc1-c1ccc(-c2cnc([C@@H]3CCCN3C(=O)[C@@H](NC(=O)OC)C(C)C)[nH]2)cc1OCCOC. The van der Waals surface area contributed by atoms with Crippen molar-refractivity contribution < 1.29 is 42.8 Å². The number of H-pyrrole nitrogens is 2. The Hall–Kier alpha value is -5.61. The lowest BCUT2D eigenvalue weighted by Gasteiger charge is -2.30. The molecule has 4 aromatic rings. The Bertz CT molecular complexity index is 2090. The van der Waals surface area contributed by atoms with E-state index in [9.17, 15) is 14.4 Å². The first-order chi connectivity index (χ1) is 28.8. The number of benzene rings is 2. The summed E-state index contributed by atoms with van der Waals surface area (Å²) in [5.41, 5.74) is 4.26. The van der Waals surface area contributed by atoms with Gasteiger partial charge in [-0.1, -0.05) is 26.0 Å². The number of nitrogens with one attached hydrogen (secondary N) is 3. The van der Waals surface area contributed by atoms with Crippen molar-refractivity contribution in [2.75, 3.05) is 60.8 Å². The predicted molar refractivity (Wildman–Crippen MR) is 225 cm³/mol. The number of hydrogen-bond donors (Lipinski definition) is 3. The van der Waals surface area contributed by atoms with Gasteiger partial charge in [-0.05, 0) is 76.6 Å². The highest BCUT2D eigenvalue weighted by molar-refractivity contribution is 5.86. The van der Waals surface area contributed by atoms with Crippen LogP contribution in [-0.2, 0) is 23.7 Å². The third-order valence-electron chi connectivity index (χ3n) is 10.6. The molecule has 0 saturated carbocycles. The highest BCUT2D eigenvalue weighted by Gasteiger charge is 2.38. The maximum absolute atomic E-state index is 13.7. The van der Waals surface area contributed by atoms with Gasteiger partial charge in [-0.15, -0.1) is 0 Å². The van der Waals surface area contributed by atoms with Gasteiger partial charge >= 0.3 is 12.2 Å². The van der Waals surface area contributed by atoms with Crippen LogP contribution in [0.5, 0.6) is 11.5 Å². The molecule has 324 valence electrons. The topological polar surface area (TPSA) is 182 Å². The number of carbonyl (C=O) groups is 3. The van der Waals surface area contributed by atoms with Crippen molar-refractivity contribution in [1.82, 2.24) is 35.1 Å². The molecule has 60 heavy (non-hydrogen) atoms. The summed E-state index contributed by atoms with van der Waals surface area (Å²) in [4.78, 5) is 58.7. The van der Waals surface area contributed by atoms with Crippen molar-refractivity contribution >= 4 is 18.1 Å². The van der Waals surface area contributed by atoms with Crippen LogP contribution in [0.1, 0.15) is 84.0 Å². The zero-order chi connectivity index (χ0) is 43.0. The molecule has 3 N–H and O–H groups in total. The minimum Gasteiger partial charge on any atom is -0.491 e. The molecule has 0 aliphatic carbocycles. The summed E-state index contributed by atoms with van der Waals surface area (Å²) in [5.74, 6) is 2.30. The molecule has 3 amide bonds. The first-order valence-electron chi connectivity index (χ1n) is 20.6. The lowest BCUT2D eigenvalue weighted by atomic mass is 9.98. The standard InChI is InChI=1S/C44H59N7O9/c1-27(2)38(49-42(53)57-8)41(52)50-17-9-11-34(50)39-45-25-32(47-39)28-13-15-30(36(23-28)58-21-19-55-6)31-16-14-29(24-37(31)59-22-20-56-7)33-26-46-40(48-33)35-12-10-18-51(35)43(54)60-44(3,4)5/h13-16,23-27,34-35,38H,9-12,17-22H2,1-8H3,(H,45,47)(H,46,48)(H,49,53)/t34-,35-,38-/m0/s1. The molecule has 6 rings (SSSR count). The van der Waals surface area contributed by atoms with Crippen molar-refractivity contribution in [3.05, 3.63) is 60.4 Å². The molecule has 2 aromatic heterocycles. The smallest absolute Gasteiger partial charge is 0.410 e. The highest BCUT2D eigenvalue weighted by atomic mass is 16.6. The number of alkyl carbamates (subject to hydrolysis) is 1. The minimum atomic E-state index is -0.727. The van der Waals surface area contributed by atoms with Crippen LogP contribution in [0.2, 0.25) is 0 Å². The Morgan fingerprint density at radius 2 is 1.27 bits per heavy atom. The van der Waals surface area contributed by atoms with Crippen molar-refractivity contribution in [2.24, 2.45) is 5.92 Å². The van der Waals surface area contributed by atoms with Crippen molar-refractivity contribution in [1.29, 1.82) is 0 Å². The maximum Gasteiger partial charge on any atom is 0.410 e. The quantitative estimate of drug-likeness (QED) is 0.0964. The predicted octanol–water partition coefficient (Wildman–Crippen LogP) is 7.30. The summed E-state index contributed by atoms with van der Waals surface area (Å²) in [7, 11) is 4.54. The van der Waals surface area contributed by atoms with Crippen LogP contribution in [-0.4, -0.2) is 120 Å². The molecule has 2 aliphatic rings. The van der Waals surface area contributed by atoms with E-state index in [1.165, 1.54) is 7.11 Å². The number of aromatic amines is 2. The van der Waals surface area contributed by atoms with Crippen LogP contribution in [0.15, 0.2) is 48.8 Å². The molecule has 2 aliphatic heterocycles. The van der Waals surface area contributed by atoms with E-state index >= 15 is 0 Å². The molecular weight excluding hydrogens is 771 g/mol. The number of carbonyl (C=O) groups excluding carboxylic acids is 3. The fourth-order valence-corrected chi connectivity index (χ4v) is 7.62. The average Bonchev–Trinajstić information content (AvgIpc) is 4.06. The van der Waals surface area contributed by atoms with Crippen molar-refractivity contribution in [3.8, 4) is 45.1 Å². The summed E-state index contributed by atoms with van der Waals surface area (Å²) in [6, 6.07) is 10.7. The van der Waals surface area contributed by atoms with Gasteiger partial charge in [-0.25, -0.2) is 19.6 Å². The van der Waals surface area contributed by atoms with E-state index in [1.807, 2.05) is 71.0 Å². The maximum atomic E-state index is 13.7.